The summed E-state index contributed by atoms with van der Waals surface area (Å²) >= 11 is 2.51. The van der Waals surface area contributed by atoms with Crippen LogP contribution in [0.4, 0.5) is 26.3 Å². The van der Waals surface area contributed by atoms with Crippen LogP contribution in [0.3, 0.4) is 0 Å². The third kappa shape index (κ3) is 3.04. The van der Waals surface area contributed by atoms with Gasteiger partial charge in [-0.05, 0) is 35.0 Å². The van der Waals surface area contributed by atoms with E-state index in [1.54, 1.807) is 0 Å². The van der Waals surface area contributed by atoms with Crippen LogP contribution >= 0.6 is 15.9 Å². The molecule has 0 bridgehead atoms. The van der Waals surface area contributed by atoms with Crippen molar-refractivity contribution in [1.82, 2.24) is 0 Å². The van der Waals surface area contributed by atoms with Gasteiger partial charge in [0.25, 0.3) is 0 Å². The lowest BCUT2D eigenvalue weighted by molar-refractivity contribution is -0.143. The number of rotatable bonds is 1. The van der Waals surface area contributed by atoms with E-state index in [2.05, 4.69) is 15.9 Å². The zero-order chi connectivity index (χ0) is 14.3. The minimum absolute atomic E-state index is 0.0312. The van der Waals surface area contributed by atoms with Crippen molar-refractivity contribution in [2.75, 3.05) is 0 Å². The van der Waals surface area contributed by atoms with Gasteiger partial charge in [-0.3, -0.25) is 4.79 Å². The fraction of sp³-hybridized carbons (Fsp3) is 0.300. The number of hydrogen-bond acceptors (Lipinski definition) is 1. The smallest absolute Gasteiger partial charge is 0.294 e. The Balaban J connectivity index is 3.63. The fourth-order valence-corrected chi connectivity index (χ4v) is 1.98. The van der Waals surface area contributed by atoms with E-state index in [-0.39, 0.29) is 6.07 Å². The van der Waals surface area contributed by atoms with Crippen molar-refractivity contribution >= 4 is 21.7 Å². The van der Waals surface area contributed by atoms with Crippen LogP contribution in [0.2, 0.25) is 0 Å². The Hall–Kier alpha value is -1.05. The van der Waals surface area contributed by atoms with Gasteiger partial charge in [-0.15, -0.1) is 0 Å². The van der Waals surface area contributed by atoms with Crippen molar-refractivity contribution in [3.8, 4) is 0 Å². The van der Waals surface area contributed by atoms with Gasteiger partial charge in [-0.25, -0.2) is 0 Å². The Kier molecular flexibility index (Phi) is 3.81. The summed E-state index contributed by atoms with van der Waals surface area (Å²) in [7, 11) is 0. The standard InChI is InChI=1S/C10H5BrF6O/c1-4(18)6-2-5(9(12,13)14)3-7(8(6)11)10(15,16)17/h2-3H,1H3. The molecular formula is C10H5BrF6O. The minimum atomic E-state index is -4.98. The van der Waals surface area contributed by atoms with Crippen molar-refractivity contribution in [2.45, 2.75) is 19.3 Å². The summed E-state index contributed by atoms with van der Waals surface area (Å²) in [6.07, 6.45) is -9.94. The maximum atomic E-state index is 12.6. The minimum Gasteiger partial charge on any atom is -0.294 e. The van der Waals surface area contributed by atoms with Gasteiger partial charge in [0.1, 0.15) is 0 Å². The van der Waals surface area contributed by atoms with Crippen LogP contribution in [0.15, 0.2) is 16.6 Å². The number of benzene rings is 1. The molecule has 8 heteroatoms. The monoisotopic (exact) mass is 334 g/mol. The van der Waals surface area contributed by atoms with Gasteiger partial charge in [0.15, 0.2) is 5.78 Å². The first-order valence-corrected chi connectivity index (χ1v) is 5.22. The number of hydrogen-bond donors (Lipinski definition) is 0. The van der Waals surface area contributed by atoms with Crippen molar-refractivity contribution in [1.29, 1.82) is 0 Å². The number of alkyl halides is 6. The highest BCUT2D eigenvalue weighted by Crippen LogP contribution is 2.41. The second-order valence-corrected chi connectivity index (χ2v) is 4.23. The third-order valence-electron chi connectivity index (χ3n) is 2.08. The highest BCUT2D eigenvalue weighted by molar-refractivity contribution is 9.10. The van der Waals surface area contributed by atoms with E-state index in [1.165, 1.54) is 0 Å². The Labute approximate surface area is 106 Å². The zero-order valence-electron chi connectivity index (χ0n) is 8.71. The summed E-state index contributed by atoms with van der Waals surface area (Å²) in [6, 6.07) is 0.359. The Morgan fingerprint density at radius 3 is 1.89 bits per heavy atom. The fourth-order valence-electron chi connectivity index (χ4n) is 1.25. The SMILES string of the molecule is CC(=O)c1cc(C(F)(F)F)cc(C(F)(F)F)c1Br. The summed E-state index contributed by atoms with van der Waals surface area (Å²) in [5.74, 6) is -0.890. The number of halogens is 7. The molecule has 1 rings (SSSR count). The molecule has 1 nitrogen and oxygen atoms in total. The lowest BCUT2D eigenvalue weighted by Gasteiger charge is -2.15. The molecule has 1 aromatic carbocycles. The van der Waals surface area contributed by atoms with Crippen LogP contribution in [-0.4, -0.2) is 5.78 Å². The van der Waals surface area contributed by atoms with Crippen molar-refractivity contribution in [2.24, 2.45) is 0 Å². The average molecular weight is 335 g/mol. The van der Waals surface area contributed by atoms with Gasteiger partial charge in [0.05, 0.1) is 11.1 Å². The third-order valence-corrected chi connectivity index (χ3v) is 2.94. The molecule has 0 aliphatic heterocycles. The van der Waals surface area contributed by atoms with Crippen LogP contribution in [-0.2, 0) is 12.4 Å². The molecule has 0 saturated heterocycles. The zero-order valence-corrected chi connectivity index (χ0v) is 10.3. The highest BCUT2D eigenvalue weighted by Gasteiger charge is 2.39. The molecule has 0 aliphatic carbocycles. The van der Waals surface area contributed by atoms with Gasteiger partial charge in [0, 0.05) is 10.0 Å². The lowest BCUT2D eigenvalue weighted by Crippen LogP contribution is -2.14. The van der Waals surface area contributed by atoms with Crippen LogP contribution in [0.5, 0.6) is 0 Å². The highest BCUT2D eigenvalue weighted by atomic mass is 79.9. The van der Waals surface area contributed by atoms with E-state index >= 15 is 0 Å². The molecule has 0 radical (unpaired) electrons. The maximum Gasteiger partial charge on any atom is 0.417 e. The van der Waals surface area contributed by atoms with E-state index in [9.17, 15) is 31.1 Å². The normalized spacial score (nSPS) is 12.7. The molecule has 100 valence electrons. The van der Waals surface area contributed by atoms with Gasteiger partial charge in [-0.2, -0.15) is 26.3 Å². The maximum absolute atomic E-state index is 12.6. The molecule has 18 heavy (non-hydrogen) atoms. The number of ketones is 1. The molecule has 0 fully saturated rings. The topological polar surface area (TPSA) is 17.1 Å². The first-order valence-electron chi connectivity index (χ1n) is 4.43. The molecule has 0 saturated carbocycles. The van der Waals surface area contributed by atoms with E-state index in [4.69, 9.17) is 0 Å². The first-order chi connectivity index (χ1) is 7.94. The van der Waals surface area contributed by atoms with E-state index in [0.717, 1.165) is 6.92 Å². The molecular weight excluding hydrogens is 330 g/mol. The molecule has 0 amide bonds. The number of Topliss-reactive ketones (excluding diaryl/α,β-unsaturated/α-hetero) is 1. The van der Waals surface area contributed by atoms with Crippen molar-refractivity contribution in [3.63, 3.8) is 0 Å². The summed E-state index contributed by atoms with van der Waals surface area (Å²) in [4.78, 5) is 11.1. The molecule has 0 aliphatic rings. The summed E-state index contributed by atoms with van der Waals surface area (Å²) in [6.45, 7) is 0.889. The largest absolute Gasteiger partial charge is 0.417 e. The summed E-state index contributed by atoms with van der Waals surface area (Å²) in [5, 5.41) is 0. The molecule has 1 aromatic rings. The van der Waals surface area contributed by atoms with Crippen LogP contribution < -0.4 is 0 Å². The Morgan fingerprint density at radius 1 is 1.06 bits per heavy atom. The Bertz CT molecular complexity index is 488. The van der Waals surface area contributed by atoms with Gasteiger partial charge < -0.3 is 0 Å². The lowest BCUT2D eigenvalue weighted by atomic mass is 10.0. The van der Waals surface area contributed by atoms with Gasteiger partial charge >= 0.3 is 12.4 Å². The molecule has 0 unspecified atom stereocenters. The first kappa shape index (κ1) is 15.0. The number of carbonyl (C=O) groups is 1. The van der Waals surface area contributed by atoms with Gasteiger partial charge in [0.2, 0.25) is 0 Å². The number of carbonyl (C=O) groups excluding carboxylic acids is 1. The van der Waals surface area contributed by atoms with Crippen molar-refractivity contribution < 1.29 is 31.1 Å². The molecule has 0 N–H and O–H groups in total. The van der Waals surface area contributed by atoms with Gasteiger partial charge in [-0.1, -0.05) is 0 Å². The predicted molar refractivity (Wildman–Crippen MR) is 54.2 cm³/mol. The van der Waals surface area contributed by atoms with Crippen LogP contribution in [0.25, 0.3) is 0 Å². The molecule has 0 spiro atoms. The molecule has 0 heterocycles. The average Bonchev–Trinajstić information content (AvgIpc) is 2.13. The Morgan fingerprint density at radius 2 is 1.56 bits per heavy atom. The van der Waals surface area contributed by atoms with Crippen LogP contribution in [0.1, 0.15) is 28.4 Å². The quantitative estimate of drug-likeness (QED) is 0.538. The second-order valence-electron chi connectivity index (χ2n) is 3.44. The van der Waals surface area contributed by atoms with E-state index < -0.39 is 39.3 Å². The van der Waals surface area contributed by atoms with Crippen molar-refractivity contribution in [3.05, 3.63) is 33.3 Å². The second kappa shape index (κ2) is 4.56. The molecule has 0 atom stereocenters. The van der Waals surface area contributed by atoms with Crippen LogP contribution in [0, 0.1) is 0 Å². The van der Waals surface area contributed by atoms with E-state index in [1.807, 2.05) is 0 Å². The predicted octanol–water partition coefficient (Wildman–Crippen LogP) is 4.69. The van der Waals surface area contributed by atoms with E-state index in [0.29, 0.717) is 6.07 Å². The summed E-state index contributed by atoms with van der Waals surface area (Å²) < 4.78 is 74.3. The molecule has 0 aromatic heterocycles. The summed E-state index contributed by atoms with van der Waals surface area (Å²) in [5.41, 5.74) is -3.69.